The topological polar surface area (TPSA) is 44.8 Å². The standard InChI is InChI=1S/C20H24ClN3O2/c1-14-12-15(2)19(18(21)13-14)22-20(25)24-10-8-23(9-11-24)16-4-6-17(26-3)7-5-16/h4-7,12-13H,8-11H2,1-3H3,(H,22,25). The van der Waals surface area contributed by atoms with Crippen LogP contribution in [-0.2, 0) is 0 Å². The molecule has 26 heavy (non-hydrogen) atoms. The molecule has 1 heterocycles. The van der Waals surface area contributed by atoms with Crippen LogP contribution in [0.15, 0.2) is 36.4 Å². The van der Waals surface area contributed by atoms with Gasteiger partial charge < -0.3 is 19.9 Å². The third-order valence-corrected chi connectivity index (χ3v) is 4.97. The van der Waals surface area contributed by atoms with Crippen molar-refractivity contribution in [3.63, 3.8) is 0 Å². The number of anilines is 2. The first kappa shape index (κ1) is 18.4. The molecule has 0 spiro atoms. The van der Waals surface area contributed by atoms with Gasteiger partial charge in [0.1, 0.15) is 5.75 Å². The third-order valence-electron chi connectivity index (χ3n) is 4.67. The van der Waals surface area contributed by atoms with E-state index >= 15 is 0 Å². The second-order valence-corrected chi connectivity index (χ2v) is 6.95. The van der Waals surface area contributed by atoms with Crippen molar-refractivity contribution in [3.05, 3.63) is 52.5 Å². The Morgan fingerprint density at radius 3 is 2.31 bits per heavy atom. The Balaban J connectivity index is 1.60. The van der Waals surface area contributed by atoms with E-state index in [0.29, 0.717) is 23.8 Å². The van der Waals surface area contributed by atoms with Gasteiger partial charge in [0, 0.05) is 31.9 Å². The van der Waals surface area contributed by atoms with Gasteiger partial charge in [-0.15, -0.1) is 0 Å². The Labute approximate surface area is 159 Å². The minimum absolute atomic E-state index is 0.103. The van der Waals surface area contributed by atoms with E-state index in [2.05, 4.69) is 10.2 Å². The summed E-state index contributed by atoms with van der Waals surface area (Å²) in [5.74, 6) is 0.845. The Morgan fingerprint density at radius 1 is 1.08 bits per heavy atom. The van der Waals surface area contributed by atoms with Crippen molar-refractivity contribution in [2.75, 3.05) is 43.5 Å². The molecule has 5 nitrogen and oxygen atoms in total. The second kappa shape index (κ2) is 7.87. The van der Waals surface area contributed by atoms with E-state index in [0.717, 1.165) is 35.7 Å². The van der Waals surface area contributed by atoms with Gasteiger partial charge >= 0.3 is 6.03 Å². The average molecular weight is 374 g/mol. The molecule has 6 heteroatoms. The molecular formula is C20H24ClN3O2. The lowest BCUT2D eigenvalue weighted by Gasteiger charge is -2.36. The number of rotatable bonds is 3. The van der Waals surface area contributed by atoms with Gasteiger partial charge in [-0.2, -0.15) is 0 Å². The molecule has 138 valence electrons. The highest BCUT2D eigenvalue weighted by Crippen LogP contribution is 2.28. The number of piperazine rings is 1. The highest BCUT2D eigenvalue weighted by Gasteiger charge is 2.22. The number of benzene rings is 2. The molecule has 0 atom stereocenters. The molecule has 2 amide bonds. The monoisotopic (exact) mass is 373 g/mol. The number of nitrogens with zero attached hydrogens (tertiary/aromatic N) is 2. The number of hydrogen-bond acceptors (Lipinski definition) is 3. The number of methoxy groups -OCH3 is 1. The van der Waals surface area contributed by atoms with E-state index in [1.54, 1.807) is 7.11 Å². The fourth-order valence-corrected chi connectivity index (χ4v) is 3.59. The summed E-state index contributed by atoms with van der Waals surface area (Å²) >= 11 is 6.29. The van der Waals surface area contributed by atoms with Crippen LogP contribution in [0.4, 0.5) is 16.2 Å². The van der Waals surface area contributed by atoms with Crippen molar-refractivity contribution in [1.29, 1.82) is 0 Å². The largest absolute Gasteiger partial charge is 0.497 e. The SMILES string of the molecule is COc1ccc(N2CCN(C(=O)Nc3c(C)cc(C)cc3Cl)CC2)cc1. The second-order valence-electron chi connectivity index (χ2n) is 6.54. The van der Waals surface area contributed by atoms with Gasteiger partial charge in [0.15, 0.2) is 0 Å². The number of halogens is 1. The van der Waals surface area contributed by atoms with Crippen molar-refractivity contribution in [1.82, 2.24) is 4.90 Å². The van der Waals surface area contributed by atoms with Gasteiger partial charge in [0.2, 0.25) is 0 Å². The zero-order chi connectivity index (χ0) is 18.7. The van der Waals surface area contributed by atoms with Crippen LogP contribution in [0.2, 0.25) is 5.02 Å². The lowest BCUT2D eigenvalue weighted by molar-refractivity contribution is 0.208. The average Bonchev–Trinajstić information content (AvgIpc) is 2.64. The van der Waals surface area contributed by atoms with Crippen LogP contribution in [0.25, 0.3) is 0 Å². The molecule has 1 saturated heterocycles. The molecule has 1 aliphatic rings. The van der Waals surface area contributed by atoms with E-state index in [9.17, 15) is 4.79 Å². The summed E-state index contributed by atoms with van der Waals surface area (Å²) in [7, 11) is 1.66. The number of nitrogens with one attached hydrogen (secondary N) is 1. The highest BCUT2D eigenvalue weighted by molar-refractivity contribution is 6.34. The molecule has 0 aromatic heterocycles. The van der Waals surface area contributed by atoms with Crippen molar-refractivity contribution >= 4 is 29.0 Å². The van der Waals surface area contributed by atoms with Crippen LogP contribution < -0.4 is 15.0 Å². The van der Waals surface area contributed by atoms with Crippen LogP contribution in [0.1, 0.15) is 11.1 Å². The van der Waals surface area contributed by atoms with E-state index in [1.165, 1.54) is 0 Å². The summed E-state index contributed by atoms with van der Waals surface area (Å²) in [6, 6.07) is 11.8. The summed E-state index contributed by atoms with van der Waals surface area (Å²) in [6.07, 6.45) is 0. The first-order valence-corrected chi connectivity index (χ1v) is 9.07. The zero-order valence-electron chi connectivity index (χ0n) is 15.4. The molecule has 0 aliphatic carbocycles. The van der Waals surface area contributed by atoms with Crippen LogP contribution in [0.5, 0.6) is 5.75 Å². The quantitative estimate of drug-likeness (QED) is 0.871. The van der Waals surface area contributed by atoms with Gasteiger partial charge in [-0.25, -0.2) is 4.79 Å². The number of hydrogen-bond donors (Lipinski definition) is 1. The predicted octanol–water partition coefficient (Wildman–Crippen LogP) is 4.32. The van der Waals surface area contributed by atoms with Crippen LogP contribution in [-0.4, -0.2) is 44.2 Å². The smallest absolute Gasteiger partial charge is 0.322 e. The normalized spacial score (nSPS) is 14.3. The zero-order valence-corrected chi connectivity index (χ0v) is 16.1. The van der Waals surface area contributed by atoms with E-state index < -0.39 is 0 Å². The molecule has 0 unspecified atom stereocenters. The minimum Gasteiger partial charge on any atom is -0.497 e. The molecule has 0 bridgehead atoms. The molecule has 1 N–H and O–H groups in total. The van der Waals surface area contributed by atoms with Gasteiger partial charge in [0.25, 0.3) is 0 Å². The summed E-state index contributed by atoms with van der Waals surface area (Å²) < 4.78 is 5.20. The number of urea groups is 1. The number of aryl methyl sites for hydroxylation is 2. The van der Waals surface area contributed by atoms with Crippen LogP contribution >= 0.6 is 11.6 Å². The van der Waals surface area contributed by atoms with Crippen molar-refractivity contribution < 1.29 is 9.53 Å². The molecule has 2 aromatic rings. The van der Waals surface area contributed by atoms with Gasteiger partial charge in [0.05, 0.1) is 17.8 Å². The highest BCUT2D eigenvalue weighted by atomic mass is 35.5. The number of amides is 2. The Morgan fingerprint density at radius 2 is 1.73 bits per heavy atom. The first-order valence-electron chi connectivity index (χ1n) is 8.69. The lowest BCUT2D eigenvalue weighted by atomic mass is 10.1. The Hall–Kier alpha value is -2.40. The molecule has 0 saturated carbocycles. The molecule has 0 radical (unpaired) electrons. The predicted molar refractivity (Wildman–Crippen MR) is 107 cm³/mol. The summed E-state index contributed by atoms with van der Waals surface area (Å²) in [6.45, 7) is 6.86. The Kier molecular flexibility index (Phi) is 5.57. The Bertz CT molecular complexity index is 761. The van der Waals surface area contributed by atoms with Gasteiger partial charge in [-0.1, -0.05) is 17.7 Å². The van der Waals surface area contributed by atoms with E-state index in [1.807, 2.05) is 55.1 Å². The number of carbonyl (C=O) groups is 1. The van der Waals surface area contributed by atoms with E-state index in [4.69, 9.17) is 16.3 Å². The molecule has 1 fully saturated rings. The lowest BCUT2D eigenvalue weighted by Crippen LogP contribution is -2.50. The van der Waals surface area contributed by atoms with Crippen molar-refractivity contribution in [2.24, 2.45) is 0 Å². The third kappa shape index (κ3) is 4.05. The number of carbonyl (C=O) groups excluding carboxylic acids is 1. The maximum Gasteiger partial charge on any atom is 0.322 e. The van der Waals surface area contributed by atoms with Crippen molar-refractivity contribution in [3.8, 4) is 5.75 Å². The maximum absolute atomic E-state index is 12.6. The van der Waals surface area contributed by atoms with Crippen LogP contribution in [0, 0.1) is 13.8 Å². The fourth-order valence-electron chi connectivity index (χ4n) is 3.22. The van der Waals surface area contributed by atoms with Crippen molar-refractivity contribution in [2.45, 2.75) is 13.8 Å². The molecule has 3 rings (SSSR count). The fraction of sp³-hybridized carbons (Fsp3) is 0.350. The minimum atomic E-state index is -0.103. The van der Waals surface area contributed by atoms with Gasteiger partial charge in [-0.3, -0.25) is 0 Å². The first-order chi connectivity index (χ1) is 12.5. The summed E-state index contributed by atoms with van der Waals surface area (Å²) in [4.78, 5) is 16.7. The number of ether oxygens (including phenoxy) is 1. The molecule has 2 aromatic carbocycles. The maximum atomic E-state index is 12.6. The van der Waals surface area contributed by atoms with Gasteiger partial charge in [-0.05, 0) is 55.3 Å². The van der Waals surface area contributed by atoms with E-state index in [-0.39, 0.29) is 6.03 Å². The van der Waals surface area contributed by atoms with Crippen LogP contribution in [0.3, 0.4) is 0 Å². The summed E-state index contributed by atoms with van der Waals surface area (Å²) in [5, 5.41) is 3.54. The molecule has 1 aliphatic heterocycles. The molecular weight excluding hydrogens is 350 g/mol. The summed E-state index contributed by atoms with van der Waals surface area (Å²) in [5.41, 5.74) is 3.89.